The van der Waals surface area contributed by atoms with Crippen LogP contribution in [0.2, 0.25) is 0 Å². The second-order valence-electron chi connectivity index (χ2n) is 6.81. The molecule has 1 aliphatic heterocycles. The number of nitrogens with zero attached hydrogens (tertiary/aromatic N) is 1. The quantitative estimate of drug-likeness (QED) is 0.844. The molecule has 2 atom stereocenters. The Labute approximate surface area is 121 Å². The Kier molecular flexibility index (Phi) is 4.32. The lowest BCUT2D eigenvalue weighted by Crippen LogP contribution is -2.56. The van der Waals surface area contributed by atoms with E-state index < -0.39 is 5.60 Å². The van der Waals surface area contributed by atoms with Crippen molar-refractivity contribution >= 4 is 5.91 Å². The second kappa shape index (κ2) is 6.02. The van der Waals surface area contributed by atoms with Crippen molar-refractivity contribution in [3.8, 4) is 0 Å². The molecule has 0 aromatic carbocycles. The van der Waals surface area contributed by atoms with Crippen molar-refractivity contribution in [1.82, 2.24) is 4.90 Å². The zero-order valence-electron chi connectivity index (χ0n) is 12.4. The summed E-state index contributed by atoms with van der Waals surface area (Å²) in [4.78, 5) is 14.7. The lowest BCUT2D eigenvalue weighted by Gasteiger charge is -2.45. The third-order valence-corrected chi connectivity index (χ3v) is 5.32. The normalized spacial score (nSPS) is 33.5. The van der Waals surface area contributed by atoms with Crippen molar-refractivity contribution in [1.29, 1.82) is 0 Å². The summed E-state index contributed by atoms with van der Waals surface area (Å²) in [6.45, 7) is 1.36. The maximum absolute atomic E-state index is 12.6. The maximum Gasteiger partial charge on any atom is 0.225 e. The molecule has 0 aromatic heterocycles. The molecule has 3 aliphatic rings. The number of amides is 1. The van der Waals surface area contributed by atoms with E-state index in [9.17, 15) is 9.90 Å². The van der Waals surface area contributed by atoms with Crippen LogP contribution in [0.5, 0.6) is 0 Å². The average molecular weight is 281 g/mol. The molecule has 1 saturated heterocycles. The molecule has 0 spiro atoms. The van der Waals surface area contributed by atoms with Gasteiger partial charge in [-0.15, -0.1) is 0 Å². The Balaban J connectivity index is 1.63. The third kappa shape index (κ3) is 3.01. The van der Waals surface area contributed by atoms with E-state index in [2.05, 4.69) is 0 Å². The predicted octanol–water partition coefficient (Wildman–Crippen LogP) is 2.24. The van der Waals surface area contributed by atoms with Gasteiger partial charge in [0.05, 0.1) is 30.8 Å². The van der Waals surface area contributed by atoms with Crippen molar-refractivity contribution in [3.63, 3.8) is 0 Å². The van der Waals surface area contributed by atoms with Crippen LogP contribution in [0.15, 0.2) is 0 Å². The number of carbonyl (C=O) groups excluding carboxylic acids is 1. The minimum absolute atomic E-state index is 0.148. The number of fused-ring (bicyclic) bond motifs is 1. The first-order valence-electron chi connectivity index (χ1n) is 8.31. The number of carbonyl (C=O) groups is 1. The molecule has 2 unspecified atom stereocenters. The molecular formula is C16H27NO3. The van der Waals surface area contributed by atoms with Gasteiger partial charge in [-0.3, -0.25) is 4.79 Å². The molecule has 4 heteroatoms. The summed E-state index contributed by atoms with van der Waals surface area (Å²) in [5.41, 5.74) is -0.738. The monoisotopic (exact) mass is 281 g/mol. The van der Waals surface area contributed by atoms with Crippen molar-refractivity contribution in [2.75, 3.05) is 13.2 Å². The van der Waals surface area contributed by atoms with Crippen LogP contribution in [0.25, 0.3) is 0 Å². The molecule has 114 valence electrons. The molecule has 20 heavy (non-hydrogen) atoms. The lowest BCUT2D eigenvalue weighted by atomic mass is 9.81. The number of hydrogen-bond donors (Lipinski definition) is 1. The van der Waals surface area contributed by atoms with Gasteiger partial charge in [-0.25, -0.2) is 0 Å². The first kappa shape index (κ1) is 14.3. The molecule has 0 radical (unpaired) electrons. The third-order valence-electron chi connectivity index (χ3n) is 5.32. The van der Waals surface area contributed by atoms with Gasteiger partial charge in [-0.2, -0.15) is 0 Å². The topological polar surface area (TPSA) is 49.8 Å². The van der Waals surface area contributed by atoms with E-state index in [0.29, 0.717) is 19.6 Å². The van der Waals surface area contributed by atoms with Gasteiger partial charge in [0.25, 0.3) is 0 Å². The standard InChI is InChI=1S/C16H27NO3/c18-15(12-16(19)8-4-1-5-9-16)17-10-11-20-14-7-3-2-6-13(14)17/h13-14,19H,1-12H2. The smallest absolute Gasteiger partial charge is 0.225 e. The van der Waals surface area contributed by atoms with E-state index in [0.717, 1.165) is 38.5 Å². The number of ether oxygens (including phenoxy) is 1. The van der Waals surface area contributed by atoms with Crippen LogP contribution in [0.1, 0.15) is 64.2 Å². The molecule has 3 fully saturated rings. The largest absolute Gasteiger partial charge is 0.389 e. The summed E-state index contributed by atoms with van der Waals surface area (Å²) in [7, 11) is 0. The summed E-state index contributed by atoms with van der Waals surface area (Å²) in [5.74, 6) is 0.148. The fourth-order valence-corrected chi connectivity index (χ4v) is 4.18. The van der Waals surface area contributed by atoms with E-state index in [1.807, 2.05) is 4.90 Å². The fraction of sp³-hybridized carbons (Fsp3) is 0.938. The fourth-order valence-electron chi connectivity index (χ4n) is 4.18. The minimum atomic E-state index is -0.738. The summed E-state index contributed by atoms with van der Waals surface area (Å²) >= 11 is 0. The highest BCUT2D eigenvalue weighted by molar-refractivity contribution is 5.77. The van der Waals surface area contributed by atoms with Gasteiger partial charge < -0.3 is 14.7 Å². The summed E-state index contributed by atoms with van der Waals surface area (Å²) in [6, 6.07) is 0.261. The number of rotatable bonds is 2. The van der Waals surface area contributed by atoms with E-state index in [4.69, 9.17) is 4.74 Å². The average Bonchev–Trinajstić information content (AvgIpc) is 2.47. The Hall–Kier alpha value is -0.610. The Bertz CT molecular complexity index is 350. The number of morpholine rings is 1. The molecule has 0 bridgehead atoms. The van der Waals surface area contributed by atoms with E-state index in [-0.39, 0.29) is 18.1 Å². The van der Waals surface area contributed by atoms with Crippen molar-refractivity contribution < 1.29 is 14.6 Å². The molecule has 0 aromatic rings. The molecule has 1 heterocycles. The number of aliphatic hydroxyl groups is 1. The van der Waals surface area contributed by atoms with Crippen LogP contribution in [0.4, 0.5) is 0 Å². The maximum atomic E-state index is 12.6. The van der Waals surface area contributed by atoms with Gasteiger partial charge in [0.1, 0.15) is 0 Å². The van der Waals surface area contributed by atoms with Gasteiger partial charge in [0.15, 0.2) is 0 Å². The zero-order chi connectivity index (χ0) is 14.0. The zero-order valence-corrected chi connectivity index (χ0v) is 12.4. The Morgan fingerprint density at radius 1 is 1.15 bits per heavy atom. The Morgan fingerprint density at radius 2 is 1.90 bits per heavy atom. The minimum Gasteiger partial charge on any atom is -0.389 e. The van der Waals surface area contributed by atoms with E-state index >= 15 is 0 Å². The van der Waals surface area contributed by atoms with Crippen molar-refractivity contribution in [2.45, 2.75) is 82.0 Å². The van der Waals surface area contributed by atoms with Crippen LogP contribution >= 0.6 is 0 Å². The predicted molar refractivity (Wildman–Crippen MR) is 76.4 cm³/mol. The van der Waals surface area contributed by atoms with Crippen molar-refractivity contribution in [3.05, 3.63) is 0 Å². The van der Waals surface area contributed by atoms with Crippen LogP contribution in [-0.2, 0) is 9.53 Å². The first-order chi connectivity index (χ1) is 9.68. The van der Waals surface area contributed by atoms with E-state index in [1.54, 1.807) is 0 Å². The van der Waals surface area contributed by atoms with Crippen LogP contribution in [0, 0.1) is 0 Å². The highest BCUT2D eigenvalue weighted by Crippen LogP contribution is 2.34. The van der Waals surface area contributed by atoms with Crippen molar-refractivity contribution in [2.24, 2.45) is 0 Å². The summed E-state index contributed by atoms with van der Waals surface area (Å²) in [6.07, 6.45) is 9.99. The lowest BCUT2D eigenvalue weighted by molar-refractivity contribution is -0.155. The van der Waals surface area contributed by atoms with Crippen LogP contribution in [0.3, 0.4) is 0 Å². The van der Waals surface area contributed by atoms with Gasteiger partial charge in [-0.1, -0.05) is 32.1 Å². The van der Waals surface area contributed by atoms with Gasteiger partial charge in [0, 0.05) is 6.54 Å². The van der Waals surface area contributed by atoms with Crippen LogP contribution < -0.4 is 0 Å². The van der Waals surface area contributed by atoms with Gasteiger partial charge in [0.2, 0.25) is 5.91 Å². The second-order valence-corrected chi connectivity index (χ2v) is 6.81. The van der Waals surface area contributed by atoms with Gasteiger partial charge in [-0.05, 0) is 25.7 Å². The number of hydrogen-bond acceptors (Lipinski definition) is 3. The van der Waals surface area contributed by atoms with E-state index in [1.165, 1.54) is 19.3 Å². The molecule has 3 rings (SSSR count). The molecule has 2 aliphatic carbocycles. The molecular weight excluding hydrogens is 254 g/mol. The van der Waals surface area contributed by atoms with Crippen LogP contribution in [-0.4, -0.2) is 46.8 Å². The SMILES string of the molecule is O=C(CC1(O)CCCCC1)N1CCOC2CCCCC21. The molecule has 4 nitrogen and oxygen atoms in total. The summed E-state index contributed by atoms with van der Waals surface area (Å²) < 4.78 is 5.82. The summed E-state index contributed by atoms with van der Waals surface area (Å²) in [5, 5.41) is 10.6. The Morgan fingerprint density at radius 3 is 2.70 bits per heavy atom. The molecule has 2 saturated carbocycles. The highest BCUT2D eigenvalue weighted by atomic mass is 16.5. The molecule has 1 N–H and O–H groups in total. The van der Waals surface area contributed by atoms with Gasteiger partial charge >= 0.3 is 0 Å². The molecule has 1 amide bonds. The first-order valence-corrected chi connectivity index (χ1v) is 8.31. The highest BCUT2D eigenvalue weighted by Gasteiger charge is 2.39.